The summed E-state index contributed by atoms with van der Waals surface area (Å²) in [5, 5.41) is 3.39. The van der Waals surface area contributed by atoms with Crippen LogP contribution < -0.4 is 5.32 Å². The van der Waals surface area contributed by atoms with Gasteiger partial charge in [0.25, 0.3) is 5.91 Å². The number of benzene rings is 1. The van der Waals surface area contributed by atoms with Crippen molar-refractivity contribution in [3.05, 3.63) is 32.4 Å². The van der Waals surface area contributed by atoms with Crippen LogP contribution in [-0.4, -0.2) is 31.5 Å². The molecular weight excluding hydrogens is 388 g/mol. The molecule has 0 bridgehead atoms. The SMILES string of the molecule is O=C(NCCCOCCCl)c1cc(Cl)ccc1I. The molecule has 0 fully saturated rings. The van der Waals surface area contributed by atoms with Crippen molar-refractivity contribution in [1.82, 2.24) is 5.32 Å². The molecule has 0 heterocycles. The normalized spacial score (nSPS) is 10.4. The van der Waals surface area contributed by atoms with E-state index in [-0.39, 0.29) is 5.91 Å². The minimum atomic E-state index is -0.112. The van der Waals surface area contributed by atoms with Gasteiger partial charge in [-0.05, 0) is 47.2 Å². The van der Waals surface area contributed by atoms with Crippen LogP contribution in [0.2, 0.25) is 5.02 Å². The third-order valence-corrected chi connectivity index (χ3v) is 3.48. The van der Waals surface area contributed by atoms with Gasteiger partial charge in [0.2, 0.25) is 0 Å². The monoisotopic (exact) mass is 401 g/mol. The molecule has 0 aromatic heterocycles. The molecule has 0 saturated carbocycles. The molecule has 0 saturated heterocycles. The van der Waals surface area contributed by atoms with E-state index >= 15 is 0 Å². The van der Waals surface area contributed by atoms with Crippen molar-refractivity contribution < 1.29 is 9.53 Å². The van der Waals surface area contributed by atoms with E-state index in [0.717, 1.165) is 9.99 Å². The van der Waals surface area contributed by atoms with Crippen molar-refractivity contribution in [1.29, 1.82) is 0 Å². The zero-order valence-electron chi connectivity index (χ0n) is 9.72. The lowest BCUT2D eigenvalue weighted by atomic mass is 10.2. The van der Waals surface area contributed by atoms with E-state index in [1.807, 2.05) is 6.07 Å². The number of rotatable bonds is 7. The predicted octanol–water partition coefficient (Wildman–Crippen LogP) is 3.32. The van der Waals surface area contributed by atoms with Crippen molar-refractivity contribution in [3.8, 4) is 0 Å². The van der Waals surface area contributed by atoms with Gasteiger partial charge in [0.15, 0.2) is 0 Å². The first-order chi connectivity index (χ1) is 8.65. The average molecular weight is 402 g/mol. The Balaban J connectivity index is 2.34. The van der Waals surface area contributed by atoms with E-state index in [1.165, 1.54) is 0 Å². The van der Waals surface area contributed by atoms with Gasteiger partial charge in [0.1, 0.15) is 0 Å². The first-order valence-electron chi connectivity index (χ1n) is 5.52. The van der Waals surface area contributed by atoms with Gasteiger partial charge < -0.3 is 10.1 Å². The molecule has 0 unspecified atom stereocenters. The lowest BCUT2D eigenvalue weighted by Gasteiger charge is -2.07. The Hall–Kier alpha value is -0.0400. The Morgan fingerprint density at radius 3 is 2.89 bits per heavy atom. The van der Waals surface area contributed by atoms with Gasteiger partial charge >= 0.3 is 0 Å². The van der Waals surface area contributed by atoms with Gasteiger partial charge in [-0.3, -0.25) is 4.79 Å². The fraction of sp³-hybridized carbons (Fsp3) is 0.417. The van der Waals surface area contributed by atoms with E-state index < -0.39 is 0 Å². The van der Waals surface area contributed by atoms with E-state index in [9.17, 15) is 4.79 Å². The maximum Gasteiger partial charge on any atom is 0.252 e. The zero-order valence-corrected chi connectivity index (χ0v) is 13.4. The number of amides is 1. The maximum atomic E-state index is 11.9. The highest BCUT2D eigenvalue weighted by molar-refractivity contribution is 14.1. The Bertz CT molecular complexity index is 402. The second-order valence-corrected chi connectivity index (χ2v) is 5.51. The van der Waals surface area contributed by atoms with Crippen LogP contribution in [0.5, 0.6) is 0 Å². The quantitative estimate of drug-likeness (QED) is 0.432. The fourth-order valence-corrected chi connectivity index (χ4v) is 2.16. The van der Waals surface area contributed by atoms with Crippen molar-refractivity contribution in [3.63, 3.8) is 0 Å². The van der Waals surface area contributed by atoms with Crippen molar-refractivity contribution in [2.45, 2.75) is 6.42 Å². The smallest absolute Gasteiger partial charge is 0.252 e. The van der Waals surface area contributed by atoms with E-state index in [4.69, 9.17) is 27.9 Å². The van der Waals surface area contributed by atoms with E-state index in [2.05, 4.69) is 27.9 Å². The first kappa shape index (κ1) is 16.0. The highest BCUT2D eigenvalue weighted by Gasteiger charge is 2.09. The second kappa shape index (κ2) is 8.96. The number of carbonyl (C=O) groups is 1. The third kappa shape index (κ3) is 5.73. The van der Waals surface area contributed by atoms with E-state index in [1.54, 1.807) is 12.1 Å². The average Bonchev–Trinajstić information content (AvgIpc) is 2.36. The molecule has 1 aromatic rings. The Labute approximate surface area is 130 Å². The molecule has 6 heteroatoms. The summed E-state index contributed by atoms with van der Waals surface area (Å²) in [5.74, 6) is 0.381. The van der Waals surface area contributed by atoms with Gasteiger partial charge in [-0.2, -0.15) is 0 Å². The summed E-state index contributed by atoms with van der Waals surface area (Å²) in [6, 6.07) is 5.25. The molecule has 0 spiro atoms. The Morgan fingerprint density at radius 2 is 2.17 bits per heavy atom. The van der Waals surface area contributed by atoms with Crippen LogP contribution in [0.4, 0.5) is 0 Å². The summed E-state index contributed by atoms with van der Waals surface area (Å²) in [6.45, 7) is 1.71. The summed E-state index contributed by atoms with van der Waals surface area (Å²) < 4.78 is 6.09. The highest BCUT2D eigenvalue weighted by atomic mass is 127. The van der Waals surface area contributed by atoms with Crippen molar-refractivity contribution in [2.75, 3.05) is 25.6 Å². The van der Waals surface area contributed by atoms with Crippen LogP contribution in [0.1, 0.15) is 16.8 Å². The summed E-state index contributed by atoms with van der Waals surface area (Å²) >= 11 is 13.4. The topological polar surface area (TPSA) is 38.3 Å². The van der Waals surface area contributed by atoms with Crippen molar-refractivity contribution >= 4 is 51.7 Å². The standard InChI is InChI=1S/C12H14Cl2INO2/c13-4-7-18-6-1-5-16-12(17)10-8-9(14)2-3-11(10)15/h2-3,8H,1,4-7H2,(H,16,17). The number of alkyl halides is 1. The lowest BCUT2D eigenvalue weighted by molar-refractivity contribution is 0.0943. The predicted molar refractivity (Wildman–Crippen MR) is 82.7 cm³/mol. The molecule has 0 atom stereocenters. The number of hydrogen-bond acceptors (Lipinski definition) is 2. The molecular formula is C12H14Cl2INO2. The second-order valence-electron chi connectivity index (χ2n) is 3.53. The molecule has 1 amide bonds. The summed E-state index contributed by atoms with van der Waals surface area (Å²) in [6.07, 6.45) is 0.764. The van der Waals surface area contributed by atoms with Gasteiger partial charge in [-0.15, -0.1) is 11.6 Å². The number of nitrogens with one attached hydrogen (secondary N) is 1. The minimum Gasteiger partial charge on any atom is -0.380 e. The van der Waals surface area contributed by atoms with Crippen LogP contribution >= 0.6 is 45.8 Å². The van der Waals surface area contributed by atoms with Crippen molar-refractivity contribution in [2.24, 2.45) is 0 Å². The fourth-order valence-electron chi connectivity index (χ4n) is 1.30. The number of ether oxygens (including phenoxy) is 1. The van der Waals surface area contributed by atoms with Crippen LogP contribution in [0.3, 0.4) is 0 Å². The molecule has 0 radical (unpaired) electrons. The molecule has 18 heavy (non-hydrogen) atoms. The number of hydrogen-bond donors (Lipinski definition) is 1. The molecule has 100 valence electrons. The largest absolute Gasteiger partial charge is 0.380 e. The third-order valence-electron chi connectivity index (χ3n) is 2.15. The zero-order chi connectivity index (χ0) is 13.4. The Morgan fingerprint density at radius 1 is 1.39 bits per heavy atom. The van der Waals surface area contributed by atoms with Gasteiger partial charge in [0.05, 0.1) is 12.2 Å². The minimum absolute atomic E-state index is 0.112. The molecule has 1 rings (SSSR count). The number of halogens is 3. The van der Waals surface area contributed by atoms with Gasteiger partial charge in [-0.1, -0.05) is 11.6 Å². The lowest BCUT2D eigenvalue weighted by Crippen LogP contribution is -2.26. The van der Waals surface area contributed by atoms with Gasteiger partial charge in [-0.25, -0.2) is 0 Å². The van der Waals surface area contributed by atoms with Crippen LogP contribution in [0, 0.1) is 3.57 Å². The Kier molecular flexibility index (Phi) is 7.97. The summed E-state index contributed by atoms with van der Waals surface area (Å²) in [7, 11) is 0. The summed E-state index contributed by atoms with van der Waals surface area (Å²) in [4.78, 5) is 11.9. The molecule has 1 N–H and O–H groups in total. The van der Waals surface area contributed by atoms with Crippen LogP contribution in [0.15, 0.2) is 18.2 Å². The first-order valence-corrected chi connectivity index (χ1v) is 7.51. The highest BCUT2D eigenvalue weighted by Crippen LogP contribution is 2.17. The molecule has 3 nitrogen and oxygen atoms in total. The van der Waals surface area contributed by atoms with Gasteiger partial charge in [0, 0.05) is 27.6 Å². The molecule has 0 aliphatic heterocycles. The molecule has 0 aliphatic carbocycles. The van der Waals surface area contributed by atoms with Crippen LogP contribution in [0.25, 0.3) is 0 Å². The van der Waals surface area contributed by atoms with E-state index in [0.29, 0.717) is 36.2 Å². The van der Waals surface area contributed by atoms with Crippen LogP contribution in [-0.2, 0) is 4.74 Å². The molecule has 0 aliphatic rings. The summed E-state index contributed by atoms with van der Waals surface area (Å²) in [5.41, 5.74) is 0.602. The number of carbonyl (C=O) groups excluding carboxylic acids is 1. The maximum absolute atomic E-state index is 11.9. The molecule has 1 aromatic carbocycles.